The molecule has 0 fully saturated rings. The van der Waals surface area contributed by atoms with Crippen LogP contribution in [0.4, 0.5) is 0 Å². The quantitative estimate of drug-likeness (QED) is 0.760. The normalized spacial score (nSPS) is 10.4. The van der Waals surface area contributed by atoms with E-state index in [1.54, 1.807) is 13.0 Å². The van der Waals surface area contributed by atoms with E-state index in [-0.39, 0.29) is 5.97 Å². The highest BCUT2D eigenvalue weighted by Gasteiger charge is 2.17. The van der Waals surface area contributed by atoms with Crippen molar-refractivity contribution in [3.8, 4) is 10.6 Å². The van der Waals surface area contributed by atoms with E-state index < -0.39 is 0 Å². The first kappa shape index (κ1) is 13.5. The average Bonchev–Trinajstić information content (AvgIpc) is 2.73. The third-order valence-corrected chi connectivity index (χ3v) is 4.32. The molecule has 0 aliphatic carbocycles. The Morgan fingerprint density at radius 1 is 1.50 bits per heavy atom. The molecule has 0 aliphatic heterocycles. The number of aryl methyl sites for hydroxylation is 1. The Balaban J connectivity index is 2.52. The molecule has 94 valence electrons. The fourth-order valence-corrected chi connectivity index (χ4v) is 3.09. The molecule has 0 spiro atoms. The molecular weight excluding hydrogens is 338 g/mol. The number of carbonyl (C=O) groups excluding carboxylic acids is 1. The molecule has 0 radical (unpaired) electrons. The predicted octanol–water partition coefficient (Wildman–Crippen LogP) is 4.32. The molecule has 0 atom stereocenters. The summed E-state index contributed by atoms with van der Waals surface area (Å²) in [6, 6.07) is 5.52. The van der Waals surface area contributed by atoms with Gasteiger partial charge in [0.2, 0.25) is 0 Å². The van der Waals surface area contributed by atoms with Crippen LogP contribution in [0, 0.1) is 6.92 Å². The SMILES string of the molecule is COC(=O)c1sc(-c2cc(Br)ccc2Cl)nc1C. The van der Waals surface area contributed by atoms with Gasteiger partial charge in [-0.3, -0.25) is 0 Å². The van der Waals surface area contributed by atoms with Gasteiger partial charge in [-0.25, -0.2) is 9.78 Å². The van der Waals surface area contributed by atoms with E-state index in [0.717, 1.165) is 10.0 Å². The lowest BCUT2D eigenvalue weighted by molar-refractivity contribution is 0.0605. The molecule has 6 heteroatoms. The van der Waals surface area contributed by atoms with E-state index in [1.807, 2.05) is 12.1 Å². The van der Waals surface area contributed by atoms with Crippen LogP contribution in [0.1, 0.15) is 15.4 Å². The number of benzene rings is 1. The Morgan fingerprint density at radius 2 is 2.22 bits per heavy atom. The minimum atomic E-state index is -0.373. The molecular formula is C12H9BrClNO2S. The number of thiazole rings is 1. The number of esters is 1. The second-order valence-corrected chi connectivity index (χ2v) is 5.87. The molecule has 0 unspecified atom stereocenters. The summed E-state index contributed by atoms with van der Waals surface area (Å²) in [5, 5.41) is 1.31. The summed E-state index contributed by atoms with van der Waals surface area (Å²) >= 11 is 10.8. The minimum Gasteiger partial charge on any atom is -0.465 e. The van der Waals surface area contributed by atoms with Gasteiger partial charge in [-0.2, -0.15) is 0 Å². The first-order chi connectivity index (χ1) is 8.52. The van der Waals surface area contributed by atoms with Crippen LogP contribution >= 0.6 is 38.9 Å². The molecule has 0 saturated carbocycles. The summed E-state index contributed by atoms with van der Waals surface area (Å²) in [6.07, 6.45) is 0. The van der Waals surface area contributed by atoms with Crippen LogP contribution in [-0.4, -0.2) is 18.1 Å². The Bertz CT molecular complexity index is 612. The van der Waals surface area contributed by atoms with Crippen LogP contribution in [0.15, 0.2) is 22.7 Å². The second kappa shape index (κ2) is 5.38. The van der Waals surface area contributed by atoms with E-state index in [4.69, 9.17) is 16.3 Å². The van der Waals surface area contributed by atoms with Crippen molar-refractivity contribution in [1.29, 1.82) is 0 Å². The number of methoxy groups -OCH3 is 1. The number of nitrogens with zero attached hydrogens (tertiary/aromatic N) is 1. The Morgan fingerprint density at radius 3 is 2.89 bits per heavy atom. The lowest BCUT2D eigenvalue weighted by Crippen LogP contribution is -1.99. The molecule has 0 bridgehead atoms. The van der Waals surface area contributed by atoms with Gasteiger partial charge in [0, 0.05) is 10.0 Å². The van der Waals surface area contributed by atoms with Crippen LogP contribution in [0.25, 0.3) is 10.6 Å². The Labute approximate surface area is 122 Å². The molecule has 1 aromatic heterocycles. The Hall–Kier alpha value is -0.910. The van der Waals surface area contributed by atoms with Crippen molar-refractivity contribution in [2.45, 2.75) is 6.92 Å². The zero-order chi connectivity index (χ0) is 13.3. The van der Waals surface area contributed by atoms with Crippen LogP contribution in [0.2, 0.25) is 5.02 Å². The molecule has 2 aromatic rings. The van der Waals surface area contributed by atoms with E-state index in [1.165, 1.54) is 18.4 Å². The maximum absolute atomic E-state index is 11.5. The van der Waals surface area contributed by atoms with Gasteiger partial charge in [0.1, 0.15) is 9.88 Å². The molecule has 0 N–H and O–H groups in total. The van der Waals surface area contributed by atoms with Gasteiger partial charge >= 0.3 is 5.97 Å². The summed E-state index contributed by atoms with van der Waals surface area (Å²) in [4.78, 5) is 16.4. The van der Waals surface area contributed by atoms with Gasteiger partial charge in [-0.15, -0.1) is 11.3 Å². The monoisotopic (exact) mass is 345 g/mol. The van der Waals surface area contributed by atoms with E-state index in [0.29, 0.717) is 20.6 Å². The van der Waals surface area contributed by atoms with Crippen LogP contribution in [-0.2, 0) is 4.74 Å². The molecule has 1 aromatic carbocycles. The molecule has 0 aliphatic rings. The standard InChI is InChI=1S/C12H9BrClNO2S/c1-6-10(12(16)17-2)18-11(15-6)8-5-7(13)3-4-9(8)14/h3-5H,1-2H3. The van der Waals surface area contributed by atoms with E-state index >= 15 is 0 Å². The van der Waals surface area contributed by atoms with Gasteiger partial charge in [-0.1, -0.05) is 27.5 Å². The maximum Gasteiger partial charge on any atom is 0.349 e. The third kappa shape index (κ3) is 2.58. The number of hydrogen-bond donors (Lipinski definition) is 0. The molecule has 0 amide bonds. The fourth-order valence-electron chi connectivity index (χ4n) is 1.46. The van der Waals surface area contributed by atoms with Crippen LogP contribution in [0.5, 0.6) is 0 Å². The van der Waals surface area contributed by atoms with Gasteiger partial charge < -0.3 is 4.74 Å². The minimum absolute atomic E-state index is 0.373. The summed E-state index contributed by atoms with van der Waals surface area (Å²) in [5.41, 5.74) is 1.45. The molecule has 1 heterocycles. The predicted molar refractivity (Wildman–Crippen MR) is 76.3 cm³/mol. The van der Waals surface area contributed by atoms with Crippen LogP contribution < -0.4 is 0 Å². The summed E-state index contributed by atoms with van der Waals surface area (Å²) in [7, 11) is 1.35. The van der Waals surface area contributed by atoms with Gasteiger partial charge in [0.25, 0.3) is 0 Å². The van der Waals surface area contributed by atoms with Crippen molar-refractivity contribution in [3.63, 3.8) is 0 Å². The molecule has 18 heavy (non-hydrogen) atoms. The number of aromatic nitrogens is 1. The summed E-state index contributed by atoms with van der Waals surface area (Å²) in [5.74, 6) is -0.373. The van der Waals surface area contributed by atoms with E-state index in [2.05, 4.69) is 20.9 Å². The first-order valence-corrected chi connectivity index (χ1v) is 7.03. The lowest BCUT2D eigenvalue weighted by Gasteiger charge is -2.00. The van der Waals surface area contributed by atoms with Gasteiger partial charge in [-0.05, 0) is 25.1 Å². The first-order valence-electron chi connectivity index (χ1n) is 5.04. The number of rotatable bonds is 2. The largest absolute Gasteiger partial charge is 0.465 e. The number of ether oxygens (including phenoxy) is 1. The zero-order valence-electron chi connectivity index (χ0n) is 9.66. The fraction of sp³-hybridized carbons (Fsp3) is 0.167. The summed E-state index contributed by atoms with van der Waals surface area (Å²) in [6.45, 7) is 1.78. The number of carbonyl (C=O) groups is 1. The van der Waals surface area contributed by atoms with Crippen molar-refractivity contribution < 1.29 is 9.53 Å². The lowest BCUT2D eigenvalue weighted by atomic mass is 10.2. The second-order valence-electron chi connectivity index (χ2n) is 3.55. The van der Waals surface area contributed by atoms with Crippen molar-refractivity contribution in [2.24, 2.45) is 0 Å². The number of hydrogen-bond acceptors (Lipinski definition) is 4. The van der Waals surface area contributed by atoms with Crippen LogP contribution in [0.3, 0.4) is 0 Å². The summed E-state index contributed by atoms with van der Waals surface area (Å²) < 4.78 is 5.62. The van der Waals surface area contributed by atoms with Gasteiger partial charge in [0.05, 0.1) is 17.8 Å². The highest BCUT2D eigenvalue weighted by atomic mass is 79.9. The highest BCUT2D eigenvalue weighted by molar-refractivity contribution is 9.10. The van der Waals surface area contributed by atoms with E-state index in [9.17, 15) is 4.79 Å². The number of halogens is 2. The highest BCUT2D eigenvalue weighted by Crippen LogP contribution is 2.34. The van der Waals surface area contributed by atoms with Crippen molar-refractivity contribution in [1.82, 2.24) is 4.98 Å². The third-order valence-electron chi connectivity index (χ3n) is 2.33. The Kier molecular flexibility index (Phi) is 4.04. The topological polar surface area (TPSA) is 39.2 Å². The van der Waals surface area contributed by atoms with Crippen molar-refractivity contribution in [2.75, 3.05) is 7.11 Å². The molecule has 0 saturated heterocycles. The molecule has 2 rings (SSSR count). The zero-order valence-corrected chi connectivity index (χ0v) is 12.8. The van der Waals surface area contributed by atoms with Crippen molar-refractivity contribution in [3.05, 3.63) is 38.3 Å². The average molecular weight is 347 g/mol. The smallest absolute Gasteiger partial charge is 0.349 e. The van der Waals surface area contributed by atoms with Gasteiger partial charge in [0.15, 0.2) is 0 Å². The van der Waals surface area contributed by atoms with Crippen molar-refractivity contribution >= 4 is 44.8 Å². The molecule has 3 nitrogen and oxygen atoms in total. The maximum atomic E-state index is 11.5.